The second-order valence-electron chi connectivity index (χ2n) is 16.4. The van der Waals surface area contributed by atoms with Crippen LogP contribution in [0.2, 0.25) is 0 Å². The quantitative estimate of drug-likeness (QED) is 0.244. The highest BCUT2D eigenvalue weighted by Crippen LogP contribution is 2.67. The topological polar surface area (TPSA) is 135 Å². The van der Waals surface area contributed by atoms with Gasteiger partial charge in [-0.1, -0.05) is 53.7 Å². The first kappa shape index (κ1) is 30.9. The lowest BCUT2D eigenvalue weighted by molar-refractivity contribution is -0.211. The molecule has 10 nitrogen and oxygen atoms in total. The van der Waals surface area contributed by atoms with Gasteiger partial charge >= 0.3 is 29.5 Å². The van der Waals surface area contributed by atoms with E-state index in [1.807, 2.05) is 67.5 Å². The SMILES string of the molecule is Cc1cc(=O)oc2c3c(ccc12)CC(C)(C)[C@H](OC(=O)C12CCC(C)(C(=O)O1)C2(C)C)[C@@H]3OC(=O)C12CCC(C)(C(=O)O1)C2(C)C. The Balaban J connectivity index is 1.37. The van der Waals surface area contributed by atoms with Crippen molar-refractivity contribution in [2.75, 3.05) is 0 Å². The van der Waals surface area contributed by atoms with Crippen LogP contribution in [-0.2, 0) is 44.5 Å². The Morgan fingerprint density at radius 1 is 0.761 bits per heavy atom. The molecule has 2 aliphatic heterocycles. The summed E-state index contributed by atoms with van der Waals surface area (Å²) in [5.74, 6) is -2.33. The lowest BCUT2D eigenvalue weighted by Gasteiger charge is -2.46. The summed E-state index contributed by atoms with van der Waals surface area (Å²) in [5, 5.41) is 0.652. The van der Waals surface area contributed by atoms with Crippen LogP contribution in [0.4, 0.5) is 0 Å². The first-order valence-electron chi connectivity index (χ1n) is 16.1. The monoisotopic (exact) mass is 634 g/mol. The van der Waals surface area contributed by atoms with Gasteiger partial charge in [0, 0.05) is 33.3 Å². The molecule has 10 heteroatoms. The number of esters is 4. The van der Waals surface area contributed by atoms with Gasteiger partial charge in [-0.25, -0.2) is 14.4 Å². The third-order valence-corrected chi connectivity index (χ3v) is 13.5. The average molecular weight is 635 g/mol. The van der Waals surface area contributed by atoms with E-state index in [9.17, 15) is 24.0 Å². The molecule has 5 aliphatic rings. The normalized spacial score (nSPS) is 37.5. The Morgan fingerprint density at radius 3 is 1.76 bits per heavy atom. The molecule has 46 heavy (non-hydrogen) atoms. The van der Waals surface area contributed by atoms with Gasteiger partial charge in [0.05, 0.1) is 10.8 Å². The predicted molar refractivity (Wildman–Crippen MR) is 163 cm³/mol. The Morgan fingerprint density at radius 2 is 1.28 bits per heavy atom. The Labute approximate surface area is 267 Å². The van der Waals surface area contributed by atoms with Crippen LogP contribution < -0.4 is 5.63 Å². The zero-order chi connectivity index (χ0) is 33.6. The maximum absolute atomic E-state index is 14.5. The van der Waals surface area contributed by atoms with Gasteiger partial charge in [-0.15, -0.1) is 0 Å². The summed E-state index contributed by atoms with van der Waals surface area (Å²) in [6, 6.07) is 5.18. The van der Waals surface area contributed by atoms with Crippen molar-refractivity contribution in [2.24, 2.45) is 27.1 Å². The van der Waals surface area contributed by atoms with Gasteiger partial charge in [0.2, 0.25) is 11.2 Å². The van der Waals surface area contributed by atoms with Crippen molar-refractivity contribution in [3.05, 3.63) is 45.3 Å². The molecule has 246 valence electrons. The molecular formula is C36H42O10. The predicted octanol–water partition coefficient (Wildman–Crippen LogP) is 5.42. The van der Waals surface area contributed by atoms with E-state index in [0.717, 1.165) is 5.56 Å². The number of carbonyl (C=O) groups is 4. The van der Waals surface area contributed by atoms with Crippen LogP contribution in [0.15, 0.2) is 27.4 Å². The summed E-state index contributed by atoms with van der Waals surface area (Å²) in [6.45, 7) is 16.6. The van der Waals surface area contributed by atoms with Gasteiger partial charge in [0.25, 0.3) is 0 Å². The van der Waals surface area contributed by atoms with Crippen molar-refractivity contribution in [2.45, 2.75) is 118 Å². The molecule has 0 spiro atoms. The van der Waals surface area contributed by atoms with Crippen molar-refractivity contribution >= 4 is 34.8 Å². The summed E-state index contributed by atoms with van der Waals surface area (Å²) in [7, 11) is 0. The highest BCUT2D eigenvalue weighted by atomic mass is 16.6. The Kier molecular flexibility index (Phi) is 5.92. The number of hydrogen-bond acceptors (Lipinski definition) is 10. The lowest BCUT2D eigenvalue weighted by atomic mass is 9.66. The van der Waals surface area contributed by atoms with E-state index in [0.29, 0.717) is 42.2 Å². The molecule has 1 aromatic heterocycles. The summed E-state index contributed by atoms with van der Waals surface area (Å²) in [5.41, 5.74) is -5.77. The second-order valence-corrected chi connectivity index (χ2v) is 16.4. The van der Waals surface area contributed by atoms with Gasteiger partial charge in [-0.3, -0.25) is 9.59 Å². The zero-order valence-electron chi connectivity index (χ0n) is 28.0. The van der Waals surface area contributed by atoms with Crippen LogP contribution >= 0.6 is 0 Å². The van der Waals surface area contributed by atoms with E-state index in [1.165, 1.54) is 6.07 Å². The highest BCUT2D eigenvalue weighted by molar-refractivity contribution is 5.95. The Bertz CT molecular complexity index is 1830. The van der Waals surface area contributed by atoms with Crippen LogP contribution in [0.25, 0.3) is 11.0 Å². The zero-order valence-corrected chi connectivity index (χ0v) is 28.0. The molecule has 2 saturated heterocycles. The molecule has 3 aliphatic carbocycles. The summed E-state index contributed by atoms with van der Waals surface area (Å²) in [6.07, 6.45) is -0.391. The molecule has 7 rings (SSSR count). The van der Waals surface area contributed by atoms with Crippen LogP contribution in [0.5, 0.6) is 0 Å². The number of carbonyl (C=O) groups excluding carboxylic acids is 4. The molecule has 2 saturated carbocycles. The largest absolute Gasteiger partial charge is 0.454 e. The average Bonchev–Trinajstić information content (AvgIpc) is 3.42. The van der Waals surface area contributed by atoms with Gasteiger partial charge in [0.15, 0.2) is 6.10 Å². The van der Waals surface area contributed by atoms with E-state index < -0.39 is 80.0 Å². The first-order valence-corrected chi connectivity index (χ1v) is 16.1. The fourth-order valence-electron chi connectivity index (χ4n) is 9.23. The van der Waals surface area contributed by atoms with Gasteiger partial charge in [0.1, 0.15) is 11.7 Å². The Hall–Kier alpha value is -3.69. The summed E-state index contributed by atoms with van der Waals surface area (Å²) >= 11 is 0. The minimum Gasteiger partial charge on any atom is -0.454 e. The molecule has 4 unspecified atom stereocenters. The maximum Gasteiger partial charge on any atom is 0.351 e. The minimum atomic E-state index is -1.55. The van der Waals surface area contributed by atoms with E-state index in [-0.39, 0.29) is 12.0 Å². The van der Waals surface area contributed by atoms with E-state index in [1.54, 1.807) is 6.92 Å². The number of benzene rings is 1. The molecule has 2 aromatic rings. The number of aryl methyl sites for hydroxylation is 1. The molecule has 6 atom stereocenters. The van der Waals surface area contributed by atoms with Crippen molar-refractivity contribution in [1.29, 1.82) is 0 Å². The molecule has 0 amide bonds. The molecule has 1 aromatic carbocycles. The molecule has 0 radical (unpaired) electrons. The molecule has 4 fully saturated rings. The number of ether oxygens (including phenoxy) is 4. The van der Waals surface area contributed by atoms with E-state index >= 15 is 0 Å². The fraction of sp³-hybridized carbons (Fsp3) is 0.639. The van der Waals surface area contributed by atoms with Gasteiger partial charge < -0.3 is 23.4 Å². The van der Waals surface area contributed by atoms with Crippen molar-refractivity contribution < 1.29 is 42.5 Å². The van der Waals surface area contributed by atoms with Crippen LogP contribution in [0.1, 0.15) is 104 Å². The number of hydrogen-bond donors (Lipinski definition) is 0. The summed E-state index contributed by atoms with van der Waals surface area (Å²) < 4.78 is 30.4. The molecule has 3 heterocycles. The van der Waals surface area contributed by atoms with Crippen molar-refractivity contribution in [3.63, 3.8) is 0 Å². The van der Waals surface area contributed by atoms with E-state index in [4.69, 9.17) is 23.4 Å². The minimum absolute atomic E-state index is 0.243. The van der Waals surface area contributed by atoms with Crippen molar-refractivity contribution in [3.8, 4) is 0 Å². The van der Waals surface area contributed by atoms with Crippen molar-refractivity contribution in [1.82, 2.24) is 0 Å². The second kappa shape index (κ2) is 8.81. The van der Waals surface area contributed by atoms with Crippen LogP contribution in [0.3, 0.4) is 0 Å². The standard InChI is InChI=1S/C36H42O10/c1-18-16-21(37)42-23-20(18)11-10-19-17-30(2,3)25(44-29(41)36-15-13-34(9,27(39)46-36)32(36,6)7)24(22(19)23)43-28(40)35-14-12-33(8,26(38)45-35)31(35,4)5/h10-11,16,24-25H,12-15,17H2,1-9H3/t24-,25-,33?,34?,35?,36?/m1/s1. The number of rotatable bonds is 4. The molecular weight excluding hydrogens is 592 g/mol. The van der Waals surface area contributed by atoms with Crippen LogP contribution in [-0.4, -0.2) is 41.2 Å². The maximum atomic E-state index is 14.5. The van der Waals surface area contributed by atoms with Crippen LogP contribution in [0, 0.1) is 34.0 Å². The third kappa shape index (κ3) is 3.35. The number of fused-ring (bicyclic) bond motifs is 7. The molecule has 0 N–H and O–H groups in total. The van der Waals surface area contributed by atoms with E-state index in [2.05, 4.69) is 0 Å². The first-order chi connectivity index (χ1) is 21.2. The highest BCUT2D eigenvalue weighted by Gasteiger charge is 2.78. The molecule has 4 bridgehead atoms. The van der Waals surface area contributed by atoms with Gasteiger partial charge in [-0.2, -0.15) is 0 Å². The van der Waals surface area contributed by atoms with Gasteiger partial charge in [-0.05, 0) is 64.0 Å². The summed E-state index contributed by atoms with van der Waals surface area (Å²) in [4.78, 5) is 67.7. The lowest BCUT2D eigenvalue weighted by Crippen LogP contribution is -2.55. The fourth-order valence-corrected chi connectivity index (χ4v) is 9.23. The third-order valence-electron chi connectivity index (χ3n) is 13.5. The smallest absolute Gasteiger partial charge is 0.351 e.